The molecule has 2 aliphatic rings. The van der Waals surface area contributed by atoms with Crippen LogP contribution in [0.1, 0.15) is 17.2 Å². The van der Waals surface area contributed by atoms with E-state index in [1.165, 1.54) is 5.56 Å². The van der Waals surface area contributed by atoms with Gasteiger partial charge in [-0.1, -0.05) is 54.1 Å². The van der Waals surface area contributed by atoms with Gasteiger partial charge in [0.15, 0.2) is 0 Å². The van der Waals surface area contributed by atoms with Gasteiger partial charge >= 0.3 is 0 Å². The third-order valence-electron chi connectivity index (χ3n) is 6.10. The van der Waals surface area contributed by atoms with E-state index in [1.54, 1.807) is 0 Å². The summed E-state index contributed by atoms with van der Waals surface area (Å²) in [6.07, 6.45) is 0.804. The Bertz CT molecular complexity index is 817. The summed E-state index contributed by atoms with van der Waals surface area (Å²) in [4.78, 5) is 17.2. The Labute approximate surface area is 184 Å². The predicted octanol–water partition coefficient (Wildman–Crippen LogP) is 3.66. The Hall–Kier alpha value is -1.59. The van der Waals surface area contributed by atoms with Gasteiger partial charge in [0.05, 0.1) is 6.54 Å². The van der Waals surface area contributed by atoms with Crippen LogP contribution in [0.15, 0.2) is 54.6 Å². The first-order chi connectivity index (χ1) is 13.6. The van der Waals surface area contributed by atoms with Crippen LogP contribution in [0.5, 0.6) is 0 Å². The summed E-state index contributed by atoms with van der Waals surface area (Å²) < 4.78 is 0. The first-order valence-corrected chi connectivity index (χ1v) is 10.5. The zero-order valence-electron chi connectivity index (χ0n) is 16.8. The van der Waals surface area contributed by atoms with E-state index in [9.17, 15) is 4.79 Å². The molecular formula is C23H29Cl2N3O. The summed E-state index contributed by atoms with van der Waals surface area (Å²) in [6, 6.07) is 19.1. The van der Waals surface area contributed by atoms with Crippen LogP contribution < -0.4 is 5.32 Å². The Kier molecular flexibility index (Phi) is 7.58. The molecule has 0 radical (unpaired) electrons. The van der Waals surface area contributed by atoms with Crippen molar-refractivity contribution >= 4 is 29.9 Å². The van der Waals surface area contributed by atoms with Gasteiger partial charge in [-0.05, 0) is 48.6 Å². The van der Waals surface area contributed by atoms with Gasteiger partial charge in [-0.3, -0.25) is 14.6 Å². The van der Waals surface area contributed by atoms with Crippen LogP contribution in [0, 0.1) is 11.8 Å². The monoisotopic (exact) mass is 433 g/mol. The minimum atomic E-state index is 0. The van der Waals surface area contributed by atoms with E-state index in [1.807, 2.05) is 24.3 Å². The molecule has 3 atom stereocenters. The fourth-order valence-electron chi connectivity index (χ4n) is 4.93. The Morgan fingerprint density at radius 2 is 1.90 bits per heavy atom. The maximum absolute atomic E-state index is 12.4. The molecule has 2 aromatic carbocycles. The molecule has 0 bridgehead atoms. The lowest BCUT2D eigenvalue weighted by molar-refractivity contribution is -0.122. The van der Waals surface area contributed by atoms with Gasteiger partial charge in [0.2, 0.25) is 5.91 Å². The number of rotatable bonds is 6. The lowest BCUT2D eigenvalue weighted by atomic mass is 9.90. The summed E-state index contributed by atoms with van der Waals surface area (Å²) in [5.41, 5.74) is 2.54. The lowest BCUT2D eigenvalue weighted by Crippen LogP contribution is -2.38. The first kappa shape index (κ1) is 22.1. The van der Waals surface area contributed by atoms with Crippen LogP contribution in [0.25, 0.3) is 0 Å². The molecule has 6 heteroatoms. The summed E-state index contributed by atoms with van der Waals surface area (Å²) in [7, 11) is 2.23. The number of hydrogen-bond acceptors (Lipinski definition) is 3. The van der Waals surface area contributed by atoms with Crippen molar-refractivity contribution in [3.8, 4) is 0 Å². The highest BCUT2D eigenvalue weighted by atomic mass is 35.5. The summed E-state index contributed by atoms with van der Waals surface area (Å²) >= 11 is 6.02. The molecular weight excluding hydrogens is 405 g/mol. The van der Waals surface area contributed by atoms with Crippen molar-refractivity contribution in [3.05, 3.63) is 70.7 Å². The highest BCUT2D eigenvalue weighted by Gasteiger charge is 2.46. The number of nitrogens with one attached hydrogen (secondary N) is 1. The van der Waals surface area contributed by atoms with Gasteiger partial charge in [-0.25, -0.2) is 0 Å². The zero-order chi connectivity index (χ0) is 19.5. The van der Waals surface area contributed by atoms with Crippen molar-refractivity contribution in [2.24, 2.45) is 11.8 Å². The van der Waals surface area contributed by atoms with Gasteiger partial charge in [0, 0.05) is 37.2 Å². The number of carbonyl (C=O) groups excluding carboxylic acids is 1. The molecule has 29 heavy (non-hydrogen) atoms. The topological polar surface area (TPSA) is 35.6 Å². The molecule has 1 N–H and O–H groups in total. The lowest BCUT2D eigenvalue weighted by Gasteiger charge is -2.26. The van der Waals surface area contributed by atoms with Crippen molar-refractivity contribution in [2.45, 2.75) is 12.5 Å². The van der Waals surface area contributed by atoms with Crippen molar-refractivity contribution in [2.75, 3.05) is 39.8 Å². The molecule has 2 saturated heterocycles. The molecule has 156 valence electrons. The van der Waals surface area contributed by atoms with Crippen molar-refractivity contribution < 1.29 is 4.79 Å². The van der Waals surface area contributed by atoms with Crippen LogP contribution in [0.4, 0.5) is 0 Å². The number of carbonyl (C=O) groups is 1. The average Bonchev–Trinajstić information content (AvgIpc) is 3.18. The van der Waals surface area contributed by atoms with Gasteiger partial charge in [0.1, 0.15) is 0 Å². The van der Waals surface area contributed by atoms with Crippen molar-refractivity contribution in [1.82, 2.24) is 15.1 Å². The normalized spacial score (nSPS) is 24.1. The SMILES string of the molecule is CN1C[C@H]2CN(CC(=O)NCCc3cccc(Cl)c3)C[C@H]2[C@@H]1c1ccccc1.Cl. The Morgan fingerprint density at radius 1 is 1.10 bits per heavy atom. The standard InChI is InChI=1S/C23H28ClN3O.ClH/c1-26-13-19-14-27(15-21(19)23(26)18-7-3-2-4-8-18)16-22(28)25-11-10-17-6-5-9-20(24)12-17;/h2-9,12,19,21,23H,10-11,13-16H2,1H3,(H,25,28);1H/t19-,21+,23-;/m0./s1. The zero-order valence-corrected chi connectivity index (χ0v) is 18.3. The number of nitrogens with zero attached hydrogens (tertiary/aromatic N) is 2. The molecule has 2 fully saturated rings. The second-order valence-corrected chi connectivity index (χ2v) is 8.58. The number of hydrogen-bond donors (Lipinski definition) is 1. The van der Waals surface area contributed by atoms with E-state index in [0.29, 0.717) is 31.0 Å². The number of likely N-dealkylation sites (tertiary alicyclic amines) is 2. The third kappa shape index (κ3) is 5.32. The second-order valence-electron chi connectivity index (χ2n) is 8.14. The molecule has 4 rings (SSSR count). The first-order valence-electron chi connectivity index (χ1n) is 10.1. The molecule has 0 spiro atoms. The van der Waals surface area contributed by atoms with E-state index < -0.39 is 0 Å². The highest BCUT2D eigenvalue weighted by Crippen LogP contribution is 2.43. The Morgan fingerprint density at radius 3 is 2.66 bits per heavy atom. The van der Waals surface area contributed by atoms with E-state index in [4.69, 9.17) is 11.6 Å². The van der Waals surface area contributed by atoms with E-state index in [-0.39, 0.29) is 18.3 Å². The van der Waals surface area contributed by atoms with Crippen molar-refractivity contribution in [3.63, 3.8) is 0 Å². The number of fused-ring (bicyclic) bond motifs is 1. The Balaban J connectivity index is 0.00000240. The summed E-state index contributed by atoms with van der Waals surface area (Å²) in [5, 5.41) is 3.80. The fourth-order valence-corrected chi connectivity index (χ4v) is 5.14. The number of amides is 1. The molecule has 2 aliphatic heterocycles. The quantitative estimate of drug-likeness (QED) is 0.754. The van der Waals surface area contributed by atoms with Crippen LogP contribution in [0.2, 0.25) is 5.02 Å². The average molecular weight is 434 g/mol. The molecule has 0 unspecified atom stereocenters. The maximum atomic E-state index is 12.4. The highest BCUT2D eigenvalue weighted by molar-refractivity contribution is 6.30. The molecule has 0 aromatic heterocycles. The summed E-state index contributed by atoms with van der Waals surface area (Å²) in [5.74, 6) is 1.37. The molecule has 1 amide bonds. The van der Waals surface area contributed by atoms with Crippen LogP contribution >= 0.6 is 24.0 Å². The fraction of sp³-hybridized carbons (Fsp3) is 0.435. The van der Waals surface area contributed by atoms with Gasteiger partial charge in [-0.15, -0.1) is 12.4 Å². The second kappa shape index (κ2) is 9.94. The van der Waals surface area contributed by atoms with Crippen molar-refractivity contribution in [1.29, 1.82) is 0 Å². The third-order valence-corrected chi connectivity index (χ3v) is 6.34. The molecule has 4 nitrogen and oxygen atoms in total. The molecule has 0 saturated carbocycles. The van der Waals surface area contributed by atoms with Crippen LogP contribution in [-0.4, -0.2) is 55.5 Å². The van der Waals surface area contributed by atoms with Crippen LogP contribution in [0.3, 0.4) is 0 Å². The summed E-state index contributed by atoms with van der Waals surface area (Å²) in [6.45, 7) is 4.26. The van der Waals surface area contributed by atoms with Gasteiger partial charge < -0.3 is 5.32 Å². The van der Waals surface area contributed by atoms with E-state index >= 15 is 0 Å². The maximum Gasteiger partial charge on any atom is 0.234 e. The van der Waals surface area contributed by atoms with E-state index in [0.717, 1.165) is 36.6 Å². The molecule has 2 heterocycles. The number of halogens is 2. The smallest absolute Gasteiger partial charge is 0.234 e. The van der Waals surface area contributed by atoms with E-state index in [2.05, 4.69) is 52.5 Å². The van der Waals surface area contributed by atoms with Gasteiger partial charge in [0.25, 0.3) is 0 Å². The minimum absolute atomic E-state index is 0. The predicted molar refractivity (Wildman–Crippen MR) is 121 cm³/mol. The van der Waals surface area contributed by atoms with Crippen LogP contribution in [-0.2, 0) is 11.2 Å². The molecule has 0 aliphatic carbocycles. The van der Waals surface area contributed by atoms with Gasteiger partial charge in [-0.2, -0.15) is 0 Å². The minimum Gasteiger partial charge on any atom is -0.355 e. The molecule has 2 aromatic rings. The largest absolute Gasteiger partial charge is 0.355 e. The number of benzene rings is 2.